The zero-order valence-electron chi connectivity index (χ0n) is 43.8. The molecule has 1 aliphatic heterocycles. The van der Waals surface area contributed by atoms with Gasteiger partial charge in [-0.2, -0.15) is 0 Å². The number of aliphatic hydroxyl groups excluding tert-OH is 5. The van der Waals surface area contributed by atoms with Gasteiger partial charge in [-0.15, -0.1) is 0 Å². The Morgan fingerprint density at radius 1 is 0.507 bits per heavy atom. The number of carbonyl (C=O) groups is 1. The number of carbonyl (C=O) groups excluding carboxylic acids is 1. The van der Waals surface area contributed by atoms with Crippen LogP contribution in [0, 0.1) is 0 Å². The Morgan fingerprint density at radius 3 is 1.33 bits per heavy atom. The van der Waals surface area contributed by atoms with E-state index in [1.807, 2.05) is 0 Å². The molecule has 0 radical (unpaired) electrons. The fraction of sp³-hybridized carbons (Fsp3) is 0.717. The maximum atomic E-state index is 13.1. The highest BCUT2D eigenvalue weighted by molar-refractivity contribution is 5.76. The van der Waals surface area contributed by atoms with Gasteiger partial charge in [-0.3, -0.25) is 4.79 Å². The third kappa shape index (κ3) is 38.5. The monoisotopic (exact) mass is 966 g/mol. The van der Waals surface area contributed by atoms with Gasteiger partial charge in [0.15, 0.2) is 6.29 Å². The zero-order valence-corrected chi connectivity index (χ0v) is 43.8. The Bertz CT molecular complexity index is 1400. The van der Waals surface area contributed by atoms with Crippen molar-refractivity contribution >= 4 is 5.91 Å². The largest absolute Gasteiger partial charge is 0.394 e. The minimum Gasteiger partial charge on any atom is -0.394 e. The van der Waals surface area contributed by atoms with Crippen LogP contribution in [0.1, 0.15) is 219 Å². The number of amides is 1. The van der Waals surface area contributed by atoms with Crippen molar-refractivity contribution in [3.63, 3.8) is 0 Å². The molecule has 69 heavy (non-hydrogen) atoms. The van der Waals surface area contributed by atoms with E-state index in [0.29, 0.717) is 12.8 Å². The number of aliphatic hydroxyl groups is 5. The summed E-state index contributed by atoms with van der Waals surface area (Å²) in [5.41, 5.74) is 0. The molecular weight excluding hydrogens is 863 g/mol. The van der Waals surface area contributed by atoms with Crippen LogP contribution < -0.4 is 5.32 Å². The molecule has 1 heterocycles. The maximum absolute atomic E-state index is 13.1. The van der Waals surface area contributed by atoms with Crippen LogP contribution in [0.4, 0.5) is 0 Å². The molecule has 0 saturated carbocycles. The molecule has 0 aromatic rings. The molecule has 9 heteroatoms. The van der Waals surface area contributed by atoms with E-state index >= 15 is 0 Å². The molecule has 1 saturated heterocycles. The van der Waals surface area contributed by atoms with E-state index in [1.54, 1.807) is 0 Å². The lowest BCUT2D eigenvalue weighted by atomic mass is 9.99. The molecule has 7 atom stereocenters. The summed E-state index contributed by atoms with van der Waals surface area (Å²) in [6, 6.07) is -0.734. The van der Waals surface area contributed by atoms with Gasteiger partial charge in [0.25, 0.3) is 0 Å². The molecule has 0 spiro atoms. The van der Waals surface area contributed by atoms with Crippen LogP contribution in [0.5, 0.6) is 0 Å². The molecule has 1 rings (SSSR count). The fourth-order valence-corrected chi connectivity index (χ4v) is 8.29. The lowest BCUT2D eigenvalue weighted by Gasteiger charge is -2.40. The highest BCUT2D eigenvalue weighted by Gasteiger charge is 2.44. The molecule has 396 valence electrons. The minimum atomic E-state index is -1.56. The van der Waals surface area contributed by atoms with Crippen LogP contribution in [0.2, 0.25) is 0 Å². The van der Waals surface area contributed by atoms with Gasteiger partial charge < -0.3 is 40.3 Å². The molecule has 0 aromatic carbocycles. The molecule has 0 bridgehead atoms. The Kier molecular flexibility index (Phi) is 45.3. The van der Waals surface area contributed by atoms with Crippen molar-refractivity contribution in [2.75, 3.05) is 13.2 Å². The predicted molar refractivity (Wildman–Crippen MR) is 290 cm³/mol. The molecule has 0 aromatic heterocycles. The number of hydrogen-bond acceptors (Lipinski definition) is 8. The van der Waals surface area contributed by atoms with E-state index in [0.717, 1.165) is 116 Å². The quantitative estimate of drug-likeness (QED) is 0.0261. The van der Waals surface area contributed by atoms with E-state index in [1.165, 1.54) is 77.0 Å². The van der Waals surface area contributed by atoms with Crippen molar-refractivity contribution in [1.29, 1.82) is 0 Å². The van der Waals surface area contributed by atoms with Crippen LogP contribution in [0.15, 0.2) is 97.2 Å². The molecule has 1 fully saturated rings. The number of ether oxygens (including phenoxy) is 2. The van der Waals surface area contributed by atoms with Gasteiger partial charge in [0.1, 0.15) is 24.4 Å². The lowest BCUT2D eigenvalue weighted by molar-refractivity contribution is -0.302. The van der Waals surface area contributed by atoms with Gasteiger partial charge in [0, 0.05) is 6.42 Å². The fourth-order valence-electron chi connectivity index (χ4n) is 8.29. The van der Waals surface area contributed by atoms with Crippen LogP contribution in [0.3, 0.4) is 0 Å². The Labute approximate surface area is 422 Å². The van der Waals surface area contributed by atoms with Crippen molar-refractivity contribution in [2.24, 2.45) is 0 Å². The first-order chi connectivity index (χ1) is 33.8. The SMILES string of the molecule is CC/C=C\C/C=C\C/C=C\C/C=C\C/C=C\C/C=C\C/C=C\C/C=C\CCCCCCCCC(=O)NC(COC1OC(CO)C(O)C(O)C1O)C(O)CCCCCCCCCCCCCCCCC. The van der Waals surface area contributed by atoms with Crippen molar-refractivity contribution < 1.29 is 39.8 Å². The van der Waals surface area contributed by atoms with Gasteiger partial charge in [-0.25, -0.2) is 0 Å². The first kappa shape index (κ1) is 64.1. The molecule has 7 unspecified atom stereocenters. The third-order valence-corrected chi connectivity index (χ3v) is 12.7. The second-order valence-corrected chi connectivity index (χ2v) is 19.0. The summed E-state index contributed by atoms with van der Waals surface area (Å²) < 4.78 is 11.3. The smallest absolute Gasteiger partial charge is 0.220 e. The molecule has 6 N–H and O–H groups in total. The zero-order chi connectivity index (χ0) is 50.1. The van der Waals surface area contributed by atoms with Crippen molar-refractivity contribution in [1.82, 2.24) is 5.32 Å². The van der Waals surface area contributed by atoms with Crippen molar-refractivity contribution in [2.45, 2.75) is 262 Å². The summed E-state index contributed by atoms with van der Waals surface area (Å²) in [5.74, 6) is -0.163. The normalized spacial score (nSPS) is 20.2. The van der Waals surface area contributed by atoms with Gasteiger partial charge >= 0.3 is 0 Å². The van der Waals surface area contributed by atoms with Crippen molar-refractivity contribution in [3.05, 3.63) is 97.2 Å². The maximum Gasteiger partial charge on any atom is 0.220 e. The average Bonchev–Trinajstić information content (AvgIpc) is 3.35. The molecule has 1 aliphatic rings. The molecule has 0 aliphatic carbocycles. The van der Waals surface area contributed by atoms with Gasteiger partial charge in [0.05, 0.1) is 25.4 Å². The third-order valence-electron chi connectivity index (χ3n) is 12.7. The van der Waals surface area contributed by atoms with Crippen molar-refractivity contribution in [3.8, 4) is 0 Å². The first-order valence-electron chi connectivity index (χ1n) is 27.9. The summed E-state index contributed by atoms with van der Waals surface area (Å²) >= 11 is 0. The summed E-state index contributed by atoms with van der Waals surface area (Å²) in [6.07, 6.45) is 62.8. The second-order valence-electron chi connectivity index (χ2n) is 19.0. The van der Waals surface area contributed by atoms with Gasteiger partial charge in [-0.05, 0) is 77.0 Å². The summed E-state index contributed by atoms with van der Waals surface area (Å²) in [7, 11) is 0. The first-order valence-corrected chi connectivity index (χ1v) is 27.9. The van der Waals surface area contributed by atoms with Gasteiger partial charge in [-0.1, -0.05) is 233 Å². The van der Waals surface area contributed by atoms with E-state index < -0.39 is 49.5 Å². The molecular formula is C60H103NO8. The topological polar surface area (TPSA) is 149 Å². The number of rotatable bonds is 46. The number of nitrogens with one attached hydrogen (secondary N) is 1. The Morgan fingerprint density at radius 2 is 0.899 bits per heavy atom. The molecule has 1 amide bonds. The van der Waals surface area contributed by atoms with E-state index in [4.69, 9.17) is 9.47 Å². The van der Waals surface area contributed by atoms with Crippen LogP contribution in [0.25, 0.3) is 0 Å². The van der Waals surface area contributed by atoms with E-state index in [9.17, 15) is 30.3 Å². The Balaban J connectivity index is 2.23. The van der Waals surface area contributed by atoms with Crippen LogP contribution in [-0.4, -0.2) is 87.5 Å². The van der Waals surface area contributed by atoms with E-state index in [-0.39, 0.29) is 12.5 Å². The number of allylic oxidation sites excluding steroid dienone is 16. The van der Waals surface area contributed by atoms with Gasteiger partial charge in [0.2, 0.25) is 5.91 Å². The average molecular weight is 966 g/mol. The van der Waals surface area contributed by atoms with Crippen LogP contribution in [-0.2, 0) is 14.3 Å². The summed E-state index contributed by atoms with van der Waals surface area (Å²) in [5, 5.41) is 54.6. The lowest BCUT2D eigenvalue weighted by Crippen LogP contribution is -2.60. The minimum absolute atomic E-state index is 0.149. The predicted octanol–water partition coefficient (Wildman–Crippen LogP) is 13.6. The summed E-state index contributed by atoms with van der Waals surface area (Å²) in [4.78, 5) is 13.1. The number of unbranched alkanes of at least 4 members (excludes halogenated alkanes) is 20. The second kappa shape index (κ2) is 48.7. The highest BCUT2D eigenvalue weighted by Crippen LogP contribution is 2.23. The highest BCUT2D eigenvalue weighted by atomic mass is 16.7. The standard InChI is InChI=1S/C60H103NO8/c1-3-5-7-9-11-13-15-17-19-20-21-22-23-24-25-26-27-28-29-30-31-32-33-34-36-38-40-42-44-46-48-50-56(64)61-53(52-68-60-59(67)58(66)57(65)55(51-62)69-60)54(63)49-47-45-43-41-39-37-35-18-16-14-12-10-8-6-4-2/h5,7,11,13,17,19,21-22,24-25,27-28,30-31,33-34,53-55,57-60,62-63,65-67H,3-4,6,8-10,12,14-16,18,20,23,26,29,32,35-52H2,1-2H3,(H,61,64)/b7-5-,13-11-,19-17-,22-21-,25-24-,28-27-,31-30-,34-33-. The van der Waals surface area contributed by atoms with Crippen LogP contribution >= 0.6 is 0 Å². The Hall–Kier alpha value is -2.89. The summed E-state index contributed by atoms with van der Waals surface area (Å²) in [6.45, 7) is 3.71. The van der Waals surface area contributed by atoms with E-state index in [2.05, 4.69) is 116 Å². The molecule has 9 nitrogen and oxygen atoms in total. The number of hydrogen-bond donors (Lipinski definition) is 6.